The largest absolute Gasteiger partial charge is 0.506 e. The molecule has 1 heterocycles. The zero-order valence-electron chi connectivity index (χ0n) is 32.5. The molecular weight excluding hydrogens is 721 g/mol. The fraction of sp³-hybridized carbons (Fsp3) is 0.512. The summed E-state index contributed by atoms with van der Waals surface area (Å²) in [7, 11) is 1.21. The van der Waals surface area contributed by atoms with Crippen LogP contribution in [0.5, 0.6) is 17.2 Å². The molecule has 4 aromatic rings. The van der Waals surface area contributed by atoms with Crippen molar-refractivity contribution in [2.45, 2.75) is 117 Å². The van der Waals surface area contributed by atoms with Crippen LogP contribution in [0, 0.1) is 4.77 Å². The number of aromatic nitrogens is 4. The van der Waals surface area contributed by atoms with Gasteiger partial charge in [-0.25, -0.2) is 9.48 Å². The highest BCUT2D eigenvalue weighted by molar-refractivity contribution is 7.71. The van der Waals surface area contributed by atoms with E-state index in [0.29, 0.717) is 30.0 Å². The van der Waals surface area contributed by atoms with E-state index in [4.69, 9.17) is 26.4 Å². The normalized spacial score (nSPS) is 11.0. The lowest BCUT2D eigenvalue weighted by Gasteiger charge is -2.21. The number of nitrogens with zero attached hydrogens (tertiary/aromatic N) is 5. The average Bonchev–Trinajstić information content (AvgIpc) is 3.53. The molecule has 13 nitrogen and oxygen atoms in total. The second-order valence-corrected chi connectivity index (χ2v) is 14.0. The highest BCUT2D eigenvalue weighted by Gasteiger charge is 2.24. The zero-order valence-corrected chi connectivity index (χ0v) is 33.3. The molecule has 0 aliphatic heterocycles. The van der Waals surface area contributed by atoms with Crippen LogP contribution in [0.25, 0.3) is 10.8 Å². The number of hydrogen-bond donors (Lipinski definition) is 2. The van der Waals surface area contributed by atoms with E-state index in [1.165, 1.54) is 82.1 Å². The molecule has 0 radical (unpaired) electrons. The predicted molar refractivity (Wildman–Crippen MR) is 215 cm³/mol. The lowest BCUT2D eigenvalue weighted by atomic mass is 10.0. The number of ether oxygens (including phenoxy) is 3. The SMILES string of the molecule is CCCCCCCCCCCCCCOc1ccccc1NC(=O)c1ccc2c(OC(=O)N(CC(=O)OC)Cn3nnn(CCCC)c3=S)cccc2c1O. The molecule has 0 unspecified atom stereocenters. The van der Waals surface area contributed by atoms with Crippen molar-refractivity contribution in [2.75, 3.05) is 25.6 Å². The third-order valence-corrected chi connectivity index (χ3v) is 9.78. The molecular formula is C41H56N6O7S. The van der Waals surface area contributed by atoms with Crippen molar-refractivity contribution < 1.29 is 33.7 Å². The van der Waals surface area contributed by atoms with Crippen LogP contribution in [-0.2, 0) is 22.7 Å². The Balaban J connectivity index is 1.35. The Bertz CT molecular complexity index is 1890. The number of nitrogens with one attached hydrogen (secondary N) is 1. The van der Waals surface area contributed by atoms with Crippen molar-refractivity contribution in [3.05, 3.63) is 64.9 Å². The molecule has 14 heteroatoms. The molecule has 0 aliphatic rings. The highest BCUT2D eigenvalue weighted by Crippen LogP contribution is 2.35. The summed E-state index contributed by atoms with van der Waals surface area (Å²) in [5.41, 5.74) is 0.518. The van der Waals surface area contributed by atoms with Crippen LogP contribution in [-0.4, -0.2) is 68.0 Å². The molecule has 0 saturated carbocycles. The number of benzene rings is 3. The van der Waals surface area contributed by atoms with Crippen molar-refractivity contribution in [3.8, 4) is 17.2 Å². The van der Waals surface area contributed by atoms with Gasteiger partial charge in [0, 0.05) is 17.3 Å². The summed E-state index contributed by atoms with van der Waals surface area (Å²) in [5.74, 6) is -0.842. The second kappa shape index (κ2) is 23.1. The fourth-order valence-corrected chi connectivity index (χ4v) is 6.37. The molecule has 2 N–H and O–H groups in total. The van der Waals surface area contributed by atoms with E-state index in [9.17, 15) is 19.5 Å². The number of esters is 1. The molecule has 0 aliphatic carbocycles. The number of tetrazole rings is 1. The number of aryl methyl sites for hydroxylation is 1. The molecule has 0 spiro atoms. The third kappa shape index (κ3) is 13.1. The Kier molecular flexibility index (Phi) is 17.9. The van der Waals surface area contributed by atoms with Gasteiger partial charge >= 0.3 is 12.1 Å². The summed E-state index contributed by atoms with van der Waals surface area (Å²) < 4.78 is 19.7. The fourth-order valence-electron chi connectivity index (χ4n) is 6.15. The maximum Gasteiger partial charge on any atom is 0.417 e. The van der Waals surface area contributed by atoms with E-state index in [1.807, 2.05) is 19.1 Å². The first-order valence-corrected chi connectivity index (χ1v) is 20.0. The highest BCUT2D eigenvalue weighted by atomic mass is 32.1. The van der Waals surface area contributed by atoms with Crippen LogP contribution in [0.2, 0.25) is 0 Å². The van der Waals surface area contributed by atoms with Gasteiger partial charge in [0.25, 0.3) is 5.91 Å². The number of hydrogen-bond acceptors (Lipinski definition) is 10. The standard InChI is InChI=1S/C41H56N6O7S/c1-4-6-8-9-10-11-12-13-14-15-16-19-28-53-36-23-18-17-22-34(36)42-39(50)33-26-25-31-32(38(33)49)21-20-24-35(31)54-41(51)45(29-37(48)52-3)30-47-40(55)46(43-44-47)27-7-5-2/h17-18,20-26,49H,4-16,19,27-30H2,1-3H3,(H,42,50). The van der Waals surface area contributed by atoms with E-state index in [-0.39, 0.29) is 33.9 Å². The second-order valence-electron chi connectivity index (χ2n) is 13.6. The van der Waals surface area contributed by atoms with Crippen molar-refractivity contribution >= 4 is 46.6 Å². The number of carbonyl (C=O) groups excluding carboxylic acids is 3. The van der Waals surface area contributed by atoms with E-state index >= 15 is 0 Å². The zero-order chi connectivity index (χ0) is 39.4. The Morgan fingerprint density at radius 1 is 0.764 bits per heavy atom. The third-order valence-electron chi connectivity index (χ3n) is 9.36. The molecule has 0 saturated heterocycles. The van der Waals surface area contributed by atoms with Crippen LogP contribution < -0.4 is 14.8 Å². The summed E-state index contributed by atoms with van der Waals surface area (Å²) in [6.07, 6.45) is 16.0. The van der Waals surface area contributed by atoms with Gasteiger partial charge in [0.1, 0.15) is 30.5 Å². The number of methoxy groups -OCH3 is 1. The van der Waals surface area contributed by atoms with Crippen LogP contribution in [0.1, 0.15) is 114 Å². The molecule has 0 bridgehead atoms. The van der Waals surface area contributed by atoms with Gasteiger partial charge in [-0.05, 0) is 65.8 Å². The summed E-state index contributed by atoms with van der Waals surface area (Å²) in [6, 6.07) is 15.0. The van der Waals surface area contributed by atoms with Crippen molar-refractivity contribution in [3.63, 3.8) is 0 Å². The minimum Gasteiger partial charge on any atom is -0.506 e. The number of anilines is 1. The molecule has 0 atom stereocenters. The van der Waals surface area contributed by atoms with E-state index in [1.54, 1.807) is 41.1 Å². The minimum absolute atomic E-state index is 0.0274. The van der Waals surface area contributed by atoms with Gasteiger partial charge in [-0.15, -0.1) is 0 Å². The minimum atomic E-state index is -0.885. The van der Waals surface area contributed by atoms with E-state index in [0.717, 1.165) is 30.6 Å². The molecule has 4 rings (SSSR count). The summed E-state index contributed by atoms with van der Waals surface area (Å²) in [5, 5.41) is 22.9. The molecule has 3 aromatic carbocycles. The Morgan fingerprint density at radius 3 is 2.09 bits per heavy atom. The summed E-state index contributed by atoms with van der Waals surface area (Å²) >= 11 is 5.47. The number of amides is 2. The number of phenolic OH excluding ortho intramolecular Hbond substituents is 1. The molecule has 298 valence electrons. The Morgan fingerprint density at radius 2 is 1.40 bits per heavy atom. The lowest BCUT2D eigenvalue weighted by Crippen LogP contribution is -2.39. The lowest BCUT2D eigenvalue weighted by molar-refractivity contribution is -0.141. The predicted octanol–water partition coefficient (Wildman–Crippen LogP) is 9.43. The smallest absolute Gasteiger partial charge is 0.417 e. The Labute approximate surface area is 328 Å². The van der Waals surface area contributed by atoms with Gasteiger partial charge in [0.15, 0.2) is 0 Å². The van der Waals surface area contributed by atoms with E-state index in [2.05, 4.69) is 22.7 Å². The number of aromatic hydroxyl groups is 1. The monoisotopic (exact) mass is 776 g/mol. The first-order chi connectivity index (χ1) is 26.8. The van der Waals surface area contributed by atoms with Crippen molar-refractivity contribution in [2.24, 2.45) is 0 Å². The summed E-state index contributed by atoms with van der Waals surface area (Å²) in [6.45, 7) is 4.74. The van der Waals surface area contributed by atoms with Gasteiger partial charge in [0.05, 0.1) is 25.0 Å². The maximum absolute atomic E-state index is 13.5. The average molecular weight is 777 g/mol. The van der Waals surface area contributed by atoms with Gasteiger partial charge < -0.3 is 24.6 Å². The van der Waals surface area contributed by atoms with Crippen LogP contribution in [0.3, 0.4) is 0 Å². The van der Waals surface area contributed by atoms with Crippen LogP contribution >= 0.6 is 12.2 Å². The number of phenols is 1. The topological polar surface area (TPSA) is 150 Å². The van der Waals surface area contributed by atoms with E-state index < -0.39 is 24.5 Å². The number of fused-ring (bicyclic) bond motifs is 1. The first kappa shape index (κ1) is 42.8. The van der Waals surface area contributed by atoms with Crippen molar-refractivity contribution in [1.82, 2.24) is 24.7 Å². The number of carbonyl (C=O) groups is 3. The van der Waals surface area contributed by atoms with Gasteiger partial charge in [-0.1, -0.05) is 115 Å². The van der Waals surface area contributed by atoms with Crippen LogP contribution in [0.15, 0.2) is 54.6 Å². The molecule has 0 fully saturated rings. The molecule has 55 heavy (non-hydrogen) atoms. The number of unbranched alkanes of at least 4 members (excludes halogenated alkanes) is 12. The van der Waals surface area contributed by atoms with Crippen molar-refractivity contribution in [1.29, 1.82) is 0 Å². The molecule has 1 aromatic heterocycles. The van der Waals surface area contributed by atoms with Gasteiger partial charge in [-0.3, -0.25) is 14.5 Å². The van der Waals surface area contributed by atoms with Gasteiger partial charge in [-0.2, -0.15) is 4.68 Å². The molecule has 2 amide bonds. The maximum atomic E-state index is 13.5. The number of para-hydroxylation sites is 2. The Hall–Kier alpha value is -4.98. The number of rotatable bonds is 24. The first-order valence-electron chi connectivity index (χ1n) is 19.6. The van der Waals surface area contributed by atoms with Gasteiger partial charge in [0.2, 0.25) is 4.77 Å². The quantitative estimate of drug-likeness (QED) is 0.0400. The van der Waals surface area contributed by atoms with Crippen LogP contribution in [0.4, 0.5) is 10.5 Å². The summed E-state index contributed by atoms with van der Waals surface area (Å²) in [4.78, 5) is 40.3.